The predicted octanol–water partition coefficient (Wildman–Crippen LogP) is 3.65. The fraction of sp³-hybridized carbons (Fsp3) is 0.588. The van der Waals surface area contributed by atoms with Gasteiger partial charge in [-0.3, -0.25) is 4.90 Å². The van der Waals surface area contributed by atoms with E-state index in [9.17, 15) is 0 Å². The Morgan fingerprint density at radius 3 is 3.10 bits per heavy atom. The standard InChI is InChI=1S/C17H25N3S/c1-2-10-18-12-14-7-5-6-11-20(14)13-17-19-15-8-3-4-9-16(15)21-17/h3-4,8-9,14,18H,2,5-7,10-13H2,1H3. The average Bonchev–Trinajstić information content (AvgIpc) is 2.91. The minimum Gasteiger partial charge on any atom is -0.315 e. The molecule has 1 aromatic carbocycles. The maximum Gasteiger partial charge on any atom is 0.108 e. The number of fused-ring (bicyclic) bond motifs is 1. The molecule has 0 bridgehead atoms. The van der Waals surface area contributed by atoms with Gasteiger partial charge in [-0.25, -0.2) is 4.98 Å². The molecule has 0 radical (unpaired) electrons. The number of piperidine rings is 1. The van der Waals surface area contributed by atoms with Crippen molar-refractivity contribution in [3.8, 4) is 0 Å². The van der Waals surface area contributed by atoms with Crippen molar-refractivity contribution in [3.63, 3.8) is 0 Å². The molecule has 3 nitrogen and oxygen atoms in total. The third-order valence-electron chi connectivity index (χ3n) is 4.23. The number of thiazole rings is 1. The van der Waals surface area contributed by atoms with Gasteiger partial charge in [0.25, 0.3) is 0 Å². The minimum absolute atomic E-state index is 0.678. The van der Waals surface area contributed by atoms with Gasteiger partial charge in [0.1, 0.15) is 5.01 Å². The second-order valence-electron chi connectivity index (χ2n) is 5.90. The summed E-state index contributed by atoms with van der Waals surface area (Å²) in [5.41, 5.74) is 1.15. The largest absolute Gasteiger partial charge is 0.315 e. The molecule has 1 N–H and O–H groups in total. The SMILES string of the molecule is CCCNCC1CCCCN1Cc1nc2ccccc2s1. The van der Waals surface area contributed by atoms with Crippen molar-refractivity contribution in [1.29, 1.82) is 0 Å². The normalized spacial score (nSPS) is 20.1. The Balaban J connectivity index is 1.65. The van der Waals surface area contributed by atoms with Crippen molar-refractivity contribution >= 4 is 21.6 Å². The summed E-state index contributed by atoms with van der Waals surface area (Å²) in [7, 11) is 0. The fourth-order valence-corrected chi connectivity index (χ4v) is 4.10. The molecule has 1 unspecified atom stereocenters. The zero-order chi connectivity index (χ0) is 14.5. The summed E-state index contributed by atoms with van der Waals surface area (Å²) >= 11 is 1.85. The molecule has 1 aliphatic heterocycles. The topological polar surface area (TPSA) is 28.2 Å². The quantitative estimate of drug-likeness (QED) is 0.826. The van der Waals surface area contributed by atoms with Crippen molar-refractivity contribution in [2.75, 3.05) is 19.6 Å². The van der Waals surface area contributed by atoms with E-state index in [0.717, 1.165) is 25.2 Å². The summed E-state index contributed by atoms with van der Waals surface area (Å²) in [4.78, 5) is 7.42. The van der Waals surface area contributed by atoms with Crippen LogP contribution in [-0.4, -0.2) is 35.6 Å². The van der Waals surface area contributed by atoms with E-state index in [1.807, 2.05) is 11.3 Å². The number of aromatic nitrogens is 1. The summed E-state index contributed by atoms with van der Waals surface area (Å²) < 4.78 is 1.31. The zero-order valence-electron chi connectivity index (χ0n) is 12.8. The van der Waals surface area contributed by atoms with E-state index in [0.29, 0.717) is 6.04 Å². The van der Waals surface area contributed by atoms with E-state index in [1.165, 1.54) is 41.9 Å². The molecule has 0 amide bonds. The lowest BCUT2D eigenvalue weighted by Crippen LogP contribution is -2.45. The fourth-order valence-electron chi connectivity index (χ4n) is 3.11. The first kappa shape index (κ1) is 14.9. The molecule has 21 heavy (non-hydrogen) atoms. The number of nitrogens with one attached hydrogen (secondary N) is 1. The molecule has 1 atom stereocenters. The molecule has 4 heteroatoms. The lowest BCUT2D eigenvalue weighted by atomic mass is 10.0. The van der Waals surface area contributed by atoms with E-state index >= 15 is 0 Å². The number of benzene rings is 1. The molecule has 0 aliphatic carbocycles. The van der Waals surface area contributed by atoms with E-state index < -0.39 is 0 Å². The van der Waals surface area contributed by atoms with E-state index in [1.54, 1.807) is 0 Å². The number of hydrogen-bond donors (Lipinski definition) is 1. The van der Waals surface area contributed by atoms with E-state index in [2.05, 4.69) is 41.4 Å². The first-order chi connectivity index (χ1) is 10.4. The van der Waals surface area contributed by atoms with Gasteiger partial charge in [0.05, 0.1) is 16.8 Å². The van der Waals surface area contributed by atoms with Crippen LogP contribution in [-0.2, 0) is 6.54 Å². The smallest absolute Gasteiger partial charge is 0.108 e. The maximum atomic E-state index is 4.79. The second kappa shape index (κ2) is 7.34. The number of rotatable bonds is 6. The van der Waals surface area contributed by atoms with Crippen LogP contribution >= 0.6 is 11.3 Å². The third-order valence-corrected chi connectivity index (χ3v) is 5.25. The van der Waals surface area contributed by atoms with Crippen LogP contribution < -0.4 is 5.32 Å². The van der Waals surface area contributed by atoms with Crippen LogP contribution in [0.4, 0.5) is 0 Å². The van der Waals surface area contributed by atoms with Gasteiger partial charge < -0.3 is 5.32 Å². The van der Waals surface area contributed by atoms with Gasteiger partial charge in [0, 0.05) is 12.6 Å². The molecule has 0 saturated carbocycles. The molecule has 1 aromatic heterocycles. The molecule has 2 heterocycles. The lowest BCUT2D eigenvalue weighted by molar-refractivity contribution is 0.137. The molecule has 1 fully saturated rings. The van der Waals surface area contributed by atoms with E-state index in [-0.39, 0.29) is 0 Å². The Morgan fingerprint density at radius 1 is 1.33 bits per heavy atom. The number of likely N-dealkylation sites (tertiary alicyclic amines) is 1. The molecule has 0 spiro atoms. The molecule has 114 valence electrons. The van der Waals surface area contributed by atoms with Gasteiger partial charge >= 0.3 is 0 Å². The van der Waals surface area contributed by atoms with Crippen LogP contribution in [0.15, 0.2) is 24.3 Å². The first-order valence-electron chi connectivity index (χ1n) is 8.16. The summed E-state index contributed by atoms with van der Waals surface area (Å²) in [6, 6.07) is 9.14. The van der Waals surface area contributed by atoms with Gasteiger partial charge in [-0.2, -0.15) is 0 Å². The van der Waals surface area contributed by atoms with Gasteiger partial charge in [-0.1, -0.05) is 25.5 Å². The van der Waals surface area contributed by atoms with Crippen LogP contribution in [0.25, 0.3) is 10.2 Å². The summed E-state index contributed by atoms with van der Waals surface area (Å²) in [5, 5.41) is 4.85. The monoisotopic (exact) mass is 303 g/mol. The van der Waals surface area contributed by atoms with Gasteiger partial charge in [0.15, 0.2) is 0 Å². The lowest BCUT2D eigenvalue weighted by Gasteiger charge is -2.35. The molecule has 1 aliphatic rings. The van der Waals surface area contributed by atoms with Crippen molar-refractivity contribution < 1.29 is 0 Å². The first-order valence-corrected chi connectivity index (χ1v) is 8.97. The van der Waals surface area contributed by atoms with Crippen molar-refractivity contribution in [3.05, 3.63) is 29.3 Å². The summed E-state index contributed by atoms with van der Waals surface area (Å²) in [6.45, 7) is 6.71. The molecule has 2 aromatic rings. The Labute approximate surface area is 131 Å². The Hall–Kier alpha value is -0.970. The van der Waals surface area contributed by atoms with Gasteiger partial charge in [-0.15, -0.1) is 11.3 Å². The van der Waals surface area contributed by atoms with Crippen LogP contribution in [0.1, 0.15) is 37.6 Å². The highest BCUT2D eigenvalue weighted by Gasteiger charge is 2.23. The highest BCUT2D eigenvalue weighted by atomic mass is 32.1. The number of nitrogens with zero attached hydrogens (tertiary/aromatic N) is 2. The highest BCUT2D eigenvalue weighted by molar-refractivity contribution is 7.18. The van der Waals surface area contributed by atoms with Gasteiger partial charge in [-0.05, 0) is 44.5 Å². The Kier molecular flexibility index (Phi) is 5.22. The average molecular weight is 303 g/mol. The minimum atomic E-state index is 0.678. The summed E-state index contributed by atoms with van der Waals surface area (Å²) in [6.07, 6.45) is 5.23. The van der Waals surface area contributed by atoms with Crippen LogP contribution in [0.3, 0.4) is 0 Å². The molecule has 3 rings (SSSR count). The Morgan fingerprint density at radius 2 is 2.24 bits per heavy atom. The van der Waals surface area contributed by atoms with Crippen LogP contribution in [0.2, 0.25) is 0 Å². The van der Waals surface area contributed by atoms with Crippen LogP contribution in [0, 0.1) is 0 Å². The van der Waals surface area contributed by atoms with E-state index in [4.69, 9.17) is 4.98 Å². The molecular weight excluding hydrogens is 278 g/mol. The van der Waals surface area contributed by atoms with Gasteiger partial charge in [0.2, 0.25) is 0 Å². The molecule has 1 saturated heterocycles. The zero-order valence-corrected chi connectivity index (χ0v) is 13.7. The number of para-hydroxylation sites is 1. The second-order valence-corrected chi connectivity index (χ2v) is 7.01. The number of hydrogen-bond acceptors (Lipinski definition) is 4. The summed E-state index contributed by atoms with van der Waals surface area (Å²) in [5.74, 6) is 0. The predicted molar refractivity (Wildman–Crippen MR) is 90.8 cm³/mol. The third kappa shape index (κ3) is 3.82. The van der Waals surface area contributed by atoms with Crippen molar-refractivity contribution in [1.82, 2.24) is 15.2 Å². The molecular formula is C17H25N3S. The van der Waals surface area contributed by atoms with Crippen LogP contribution in [0.5, 0.6) is 0 Å². The van der Waals surface area contributed by atoms with Crippen molar-refractivity contribution in [2.24, 2.45) is 0 Å². The maximum absolute atomic E-state index is 4.79. The van der Waals surface area contributed by atoms with Crippen molar-refractivity contribution in [2.45, 2.75) is 45.2 Å². The highest BCUT2D eigenvalue weighted by Crippen LogP contribution is 2.25. The Bertz CT molecular complexity index is 533.